The summed E-state index contributed by atoms with van der Waals surface area (Å²) in [5, 5.41) is 5.22. The molecule has 3 unspecified atom stereocenters. The molecule has 94 valence electrons. The highest BCUT2D eigenvalue weighted by atomic mass is 32.1. The topological polar surface area (TPSA) is 68.0 Å². The first-order valence-corrected chi connectivity index (χ1v) is 6.96. The molecule has 1 fully saturated rings. The van der Waals surface area contributed by atoms with Crippen molar-refractivity contribution in [1.29, 1.82) is 0 Å². The van der Waals surface area contributed by atoms with Crippen LogP contribution in [0.15, 0.2) is 5.38 Å². The number of rotatable bonds is 2. The Balaban J connectivity index is 1.95. The molecule has 2 rings (SSSR count). The molecular formula is C12H19N3OS. The summed E-state index contributed by atoms with van der Waals surface area (Å²) in [7, 11) is 0. The number of thiazole rings is 1. The lowest BCUT2D eigenvalue weighted by molar-refractivity contribution is 0.0895. The molecule has 0 radical (unpaired) electrons. The van der Waals surface area contributed by atoms with E-state index in [4.69, 9.17) is 5.73 Å². The first-order valence-electron chi connectivity index (χ1n) is 6.08. The fraction of sp³-hybridized carbons (Fsp3) is 0.667. The quantitative estimate of drug-likeness (QED) is 0.849. The molecule has 1 saturated carbocycles. The van der Waals surface area contributed by atoms with Gasteiger partial charge >= 0.3 is 0 Å². The Morgan fingerprint density at radius 3 is 2.88 bits per heavy atom. The third-order valence-electron chi connectivity index (χ3n) is 3.50. The number of hydrogen-bond donors (Lipinski definition) is 2. The first kappa shape index (κ1) is 12.4. The molecule has 0 aliphatic heterocycles. The number of aromatic nitrogens is 1. The Kier molecular flexibility index (Phi) is 3.66. The van der Waals surface area contributed by atoms with E-state index in [1.54, 1.807) is 5.38 Å². The zero-order valence-electron chi connectivity index (χ0n) is 10.3. The van der Waals surface area contributed by atoms with E-state index >= 15 is 0 Å². The Morgan fingerprint density at radius 2 is 2.29 bits per heavy atom. The molecule has 1 aromatic heterocycles. The van der Waals surface area contributed by atoms with Crippen molar-refractivity contribution in [3.05, 3.63) is 11.1 Å². The van der Waals surface area contributed by atoms with Crippen LogP contribution in [-0.4, -0.2) is 16.9 Å². The summed E-state index contributed by atoms with van der Waals surface area (Å²) in [5.74, 6) is 1.22. The van der Waals surface area contributed by atoms with Crippen LogP contribution < -0.4 is 11.1 Å². The Hall–Kier alpha value is -1.10. The zero-order chi connectivity index (χ0) is 12.4. The third kappa shape index (κ3) is 2.97. The van der Waals surface area contributed by atoms with Crippen molar-refractivity contribution in [2.24, 2.45) is 11.8 Å². The van der Waals surface area contributed by atoms with Gasteiger partial charge in [-0.25, -0.2) is 4.98 Å². The average Bonchev–Trinajstić information content (AvgIpc) is 2.69. The molecule has 5 heteroatoms. The maximum Gasteiger partial charge on any atom is 0.271 e. The molecule has 1 aliphatic carbocycles. The van der Waals surface area contributed by atoms with Crippen LogP contribution >= 0.6 is 11.3 Å². The highest BCUT2D eigenvalue weighted by molar-refractivity contribution is 7.13. The lowest BCUT2D eigenvalue weighted by Crippen LogP contribution is -2.42. The van der Waals surface area contributed by atoms with Crippen molar-refractivity contribution in [2.45, 2.75) is 39.2 Å². The van der Waals surface area contributed by atoms with Gasteiger partial charge in [0.05, 0.1) is 0 Å². The molecule has 1 aliphatic rings. The number of nitrogens with zero attached hydrogens (tertiary/aromatic N) is 1. The number of nitrogen functional groups attached to an aromatic ring is 1. The summed E-state index contributed by atoms with van der Waals surface area (Å²) < 4.78 is 0. The van der Waals surface area contributed by atoms with Gasteiger partial charge in [0.2, 0.25) is 0 Å². The van der Waals surface area contributed by atoms with Crippen LogP contribution in [0.3, 0.4) is 0 Å². The molecule has 1 amide bonds. The second kappa shape index (κ2) is 5.04. The zero-order valence-corrected chi connectivity index (χ0v) is 11.1. The van der Waals surface area contributed by atoms with Crippen LogP contribution in [0.25, 0.3) is 0 Å². The fourth-order valence-electron chi connectivity index (χ4n) is 2.51. The van der Waals surface area contributed by atoms with Crippen LogP contribution in [0.5, 0.6) is 0 Å². The van der Waals surface area contributed by atoms with Crippen LogP contribution in [0.1, 0.15) is 43.6 Å². The predicted octanol–water partition coefficient (Wildman–Crippen LogP) is 2.28. The smallest absolute Gasteiger partial charge is 0.271 e. The second-order valence-electron chi connectivity index (χ2n) is 5.05. The maximum absolute atomic E-state index is 11.9. The van der Waals surface area contributed by atoms with E-state index in [-0.39, 0.29) is 11.9 Å². The van der Waals surface area contributed by atoms with Gasteiger partial charge in [-0.15, -0.1) is 11.3 Å². The summed E-state index contributed by atoms with van der Waals surface area (Å²) >= 11 is 1.30. The van der Waals surface area contributed by atoms with Gasteiger partial charge in [-0.05, 0) is 31.1 Å². The average molecular weight is 253 g/mol. The summed E-state index contributed by atoms with van der Waals surface area (Å²) in [4.78, 5) is 15.9. The van der Waals surface area contributed by atoms with Gasteiger partial charge in [-0.3, -0.25) is 4.79 Å². The first-order chi connectivity index (χ1) is 8.06. The number of hydrogen-bond acceptors (Lipinski definition) is 4. The molecule has 1 heterocycles. The summed E-state index contributed by atoms with van der Waals surface area (Å²) in [5.41, 5.74) is 5.97. The second-order valence-corrected chi connectivity index (χ2v) is 5.94. The molecule has 0 saturated heterocycles. The molecular weight excluding hydrogens is 234 g/mol. The van der Waals surface area contributed by atoms with E-state index in [0.29, 0.717) is 16.7 Å². The van der Waals surface area contributed by atoms with Gasteiger partial charge < -0.3 is 11.1 Å². The lowest BCUT2D eigenvalue weighted by Gasteiger charge is -2.32. The van der Waals surface area contributed by atoms with E-state index in [9.17, 15) is 4.79 Å². The number of amides is 1. The van der Waals surface area contributed by atoms with E-state index in [1.165, 1.54) is 24.2 Å². The Labute approximate surface area is 106 Å². The number of nitrogens with two attached hydrogens (primary N) is 1. The minimum atomic E-state index is -0.0932. The normalized spacial score (nSPS) is 28.9. The summed E-state index contributed by atoms with van der Waals surface area (Å²) in [6, 6.07) is 0.279. The van der Waals surface area contributed by atoms with Crippen molar-refractivity contribution in [3.63, 3.8) is 0 Å². The standard InChI is InChI=1S/C12H19N3OS/c1-7-3-4-9(8(2)5-7)14-11(16)10-6-17-12(13)15-10/h6-9H,3-5H2,1-2H3,(H2,13,15)(H,14,16). The minimum Gasteiger partial charge on any atom is -0.375 e. The van der Waals surface area contributed by atoms with Gasteiger partial charge in [0.25, 0.3) is 5.91 Å². The summed E-state index contributed by atoms with van der Waals surface area (Å²) in [6.45, 7) is 4.48. The highest BCUT2D eigenvalue weighted by Crippen LogP contribution is 2.28. The highest BCUT2D eigenvalue weighted by Gasteiger charge is 2.27. The van der Waals surface area contributed by atoms with E-state index in [0.717, 1.165) is 12.3 Å². The molecule has 3 atom stereocenters. The van der Waals surface area contributed by atoms with Crippen molar-refractivity contribution in [1.82, 2.24) is 10.3 Å². The number of nitrogens with one attached hydrogen (secondary N) is 1. The number of carbonyl (C=O) groups is 1. The number of carbonyl (C=O) groups excluding carboxylic acids is 1. The molecule has 0 spiro atoms. The molecule has 4 nitrogen and oxygen atoms in total. The minimum absolute atomic E-state index is 0.0932. The van der Waals surface area contributed by atoms with Gasteiger partial charge in [0.15, 0.2) is 5.13 Å². The van der Waals surface area contributed by atoms with E-state index in [1.807, 2.05) is 0 Å². The van der Waals surface area contributed by atoms with Crippen molar-refractivity contribution < 1.29 is 4.79 Å². The van der Waals surface area contributed by atoms with Crippen LogP contribution in [0, 0.1) is 11.8 Å². The van der Waals surface area contributed by atoms with Gasteiger partial charge in [0.1, 0.15) is 5.69 Å². The predicted molar refractivity (Wildman–Crippen MR) is 70.0 cm³/mol. The molecule has 0 bridgehead atoms. The maximum atomic E-state index is 11.9. The Bertz CT molecular complexity index is 404. The monoisotopic (exact) mass is 253 g/mol. The van der Waals surface area contributed by atoms with E-state index in [2.05, 4.69) is 24.1 Å². The molecule has 1 aromatic rings. The lowest BCUT2D eigenvalue weighted by atomic mass is 9.80. The summed E-state index contributed by atoms with van der Waals surface area (Å²) in [6.07, 6.45) is 3.44. The molecule has 17 heavy (non-hydrogen) atoms. The van der Waals surface area contributed by atoms with Crippen molar-refractivity contribution in [3.8, 4) is 0 Å². The van der Waals surface area contributed by atoms with Crippen molar-refractivity contribution in [2.75, 3.05) is 5.73 Å². The van der Waals surface area contributed by atoms with Crippen LogP contribution in [0.4, 0.5) is 5.13 Å². The molecule has 3 N–H and O–H groups in total. The SMILES string of the molecule is CC1CCC(NC(=O)c2csc(N)n2)C(C)C1. The van der Waals surface area contributed by atoms with E-state index < -0.39 is 0 Å². The van der Waals surface area contributed by atoms with Crippen LogP contribution in [0.2, 0.25) is 0 Å². The van der Waals surface area contributed by atoms with Gasteiger partial charge in [-0.1, -0.05) is 13.8 Å². The van der Waals surface area contributed by atoms with Crippen molar-refractivity contribution >= 4 is 22.4 Å². The fourth-order valence-corrected chi connectivity index (χ4v) is 3.06. The number of anilines is 1. The third-order valence-corrected chi connectivity index (χ3v) is 4.18. The van der Waals surface area contributed by atoms with Gasteiger partial charge in [-0.2, -0.15) is 0 Å². The van der Waals surface area contributed by atoms with Gasteiger partial charge in [0, 0.05) is 11.4 Å². The molecule has 0 aromatic carbocycles. The van der Waals surface area contributed by atoms with Crippen LogP contribution in [-0.2, 0) is 0 Å². The largest absolute Gasteiger partial charge is 0.375 e. The Morgan fingerprint density at radius 1 is 1.53 bits per heavy atom.